The van der Waals surface area contributed by atoms with Crippen molar-refractivity contribution < 1.29 is 19.6 Å². The van der Waals surface area contributed by atoms with E-state index >= 15 is 0 Å². The van der Waals surface area contributed by atoms with Crippen molar-refractivity contribution >= 4 is 33.4 Å². The highest BCUT2D eigenvalue weighted by atomic mass is 79.9. The minimum atomic E-state index is -0.936. The first-order chi connectivity index (χ1) is 10.6. The Morgan fingerprint density at radius 3 is 2.65 bits per heavy atom. The Balaban J connectivity index is 2.53. The number of ether oxygens (including phenoxy) is 1. The summed E-state index contributed by atoms with van der Waals surface area (Å²) in [6.45, 7) is 5.18. The number of benzene rings is 1. The molecule has 0 bridgehead atoms. The average Bonchev–Trinajstić information content (AvgIpc) is 2.41. The number of carbonyl (C=O) groups excluding carboxylic acids is 1. The van der Waals surface area contributed by atoms with Crippen molar-refractivity contribution in [3.63, 3.8) is 0 Å². The van der Waals surface area contributed by atoms with Gasteiger partial charge in [0.25, 0.3) is 5.69 Å². The maximum Gasteiger partial charge on any atom is 0.407 e. The number of para-hydroxylation sites is 1. The van der Waals surface area contributed by atoms with Crippen molar-refractivity contribution in [1.29, 1.82) is 0 Å². The van der Waals surface area contributed by atoms with Crippen molar-refractivity contribution in [1.82, 2.24) is 5.32 Å². The van der Waals surface area contributed by atoms with Crippen molar-refractivity contribution in [3.05, 3.63) is 32.8 Å². The Hall–Kier alpha value is -1.87. The van der Waals surface area contributed by atoms with Gasteiger partial charge in [-0.2, -0.15) is 0 Å². The van der Waals surface area contributed by atoms with E-state index in [0.29, 0.717) is 4.47 Å². The molecule has 0 aromatic heterocycles. The van der Waals surface area contributed by atoms with E-state index in [1.165, 1.54) is 6.07 Å². The summed E-state index contributed by atoms with van der Waals surface area (Å²) in [5.74, 6) is 0. The third kappa shape index (κ3) is 6.83. The van der Waals surface area contributed by atoms with Crippen LogP contribution < -0.4 is 10.6 Å². The first-order valence-corrected chi connectivity index (χ1v) is 7.71. The monoisotopic (exact) mass is 389 g/mol. The highest BCUT2D eigenvalue weighted by molar-refractivity contribution is 9.10. The summed E-state index contributed by atoms with van der Waals surface area (Å²) >= 11 is 3.22. The van der Waals surface area contributed by atoms with Crippen molar-refractivity contribution in [3.8, 4) is 0 Å². The van der Waals surface area contributed by atoms with Crippen LogP contribution in [0.1, 0.15) is 20.8 Å². The molecule has 0 radical (unpaired) electrons. The number of alkyl carbamates (subject to hydrolysis) is 1. The molecule has 1 amide bonds. The van der Waals surface area contributed by atoms with Gasteiger partial charge in [-0.3, -0.25) is 10.1 Å². The summed E-state index contributed by atoms with van der Waals surface area (Å²) < 4.78 is 5.56. The number of aliphatic hydroxyl groups excluding tert-OH is 1. The number of nitro groups is 1. The Kier molecular flexibility index (Phi) is 6.77. The van der Waals surface area contributed by atoms with Crippen LogP contribution in [0.15, 0.2) is 22.7 Å². The van der Waals surface area contributed by atoms with E-state index in [9.17, 15) is 20.0 Å². The highest BCUT2D eigenvalue weighted by Crippen LogP contribution is 2.31. The smallest absolute Gasteiger partial charge is 0.407 e. The molecule has 0 aliphatic rings. The van der Waals surface area contributed by atoms with Crippen LogP contribution in [0.2, 0.25) is 0 Å². The molecule has 1 aromatic rings. The number of hydrogen-bond donors (Lipinski definition) is 3. The average molecular weight is 390 g/mol. The maximum absolute atomic E-state index is 11.5. The second kappa shape index (κ2) is 8.11. The van der Waals surface area contributed by atoms with Gasteiger partial charge in [0.1, 0.15) is 11.3 Å². The number of rotatable bonds is 6. The Labute approximate surface area is 142 Å². The van der Waals surface area contributed by atoms with E-state index in [1.54, 1.807) is 32.9 Å². The molecule has 1 aromatic carbocycles. The fourth-order valence-electron chi connectivity index (χ4n) is 1.65. The largest absolute Gasteiger partial charge is 0.444 e. The Morgan fingerprint density at radius 1 is 1.43 bits per heavy atom. The van der Waals surface area contributed by atoms with Crippen LogP contribution in [0.4, 0.5) is 16.2 Å². The van der Waals surface area contributed by atoms with E-state index in [1.807, 2.05) is 0 Å². The number of anilines is 1. The van der Waals surface area contributed by atoms with Crippen LogP contribution in [0.25, 0.3) is 0 Å². The fourth-order valence-corrected chi connectivity index (χ4v) is 2.14. The molecular formula is C14H20BrN3O5. The van der Waals surface area contributed by atoms with Crippen LogP contribution >= 0.6 is 15.9 Å². The van der Waals surface area contributed by atoms with Gasteiger partial charge in [0.05, 0.1) is 11.0 Å². The molecular weight excluding hydrogens is 370 g/mol. The lowest BCUT2D eigenvalue weighted by atomic mass is 10.2. The number of nitro benzene ring substituents is 1. The summed E-state index contributed by atoms with van der Waals surface area (Å²) in [5.41, 5.74) is -0.455. The second-order valence-corrected chi connectivity index (χ2v) is 6.66. The summed E-state index contributed by atoms with van der Waals surface area (Å²) in [6.07, 6.45) is -1.57. The SMILES string of the molecule is CC(C)(C)OC(=O)NCC(O)CNc1c(Br)cccc1[N+](=O)[O-]. The van der Waals surface area contributed by atoms with E-state index in [0.717, 1.165) is 0 Å². The highest BCUT2D eigenvalue weighted by Gasteiger charge is 2.19. The number of nitrogens with zero attached hydrogens (tertiary/aromatic N) is 1. The molecule has 0 spiro atoms. The molecule has 0 saturated heterocycles. The minimum absolute atomic E-state index is 0.0270. The zero-order valence-electron chi connectivity index (χ0n) is 13.1. The van der Waals surface area contributed by atoms with Crippen LogP contribution in [0.3, 0.4) is 0 Å². The van der Waals surface area contributed by atoms with Crippen LogP contribution in [-0.4, -0.2) is 40.9 Å². The molecule has 0 aliphatic carbocycles. The van der Waals surface area contributed by atoms with Gasteiger partial charge in [-0.25, -0.2) is 4.79 Å². The molecule has 9 heteroatoms. The quantitative estimate of drug-likeness (QED) is 0.508. The molecule has 8 nitrogen and oxygen atoms in total. The lowest BCUT2D eigenvalue weighted by molar-refractivity contribution is -0.384. The lowest BCUT2D eigenvalue weighted by Gasteiger charge is -2.20. The number of nitrogens with one attached hydrogen (secondary N) is 2. The Bertz CT molecular complexity index is 574. The van der Waals surface area contributed by atoms with Crippen LogP contribution in [-0.2, 0) is 4.74 Å². The van der Waals surface area contributed by atoms with Gasteiger partial charge in [0.15, 0.2) is 0 Å². The minimum Gasteiger partial charge on any atom is -0.444 e. The molecule has 0 aliphatic heterocycles. The zero-order chi connectivity index (χ0) is 17.6. The molecule has 23 heavy (non-hydrogen) atoms. The second-order valence-electron chi connectivity index (χ2n) is 5.81. The third-order valence-electron chi connectivity index (χ3n) is 2.58. The summed E-state index contributed by atoms with van der Waals surface area (Å²) in [5, 5.41) is 26.1. The number of carbonyl (C=O) groups is 1. The Morgan fingerprint density at radius 2 is 2.09 bits per heavy atom. The normalized spacial score (nSPS) is 12.4. The summed E-state index contributed by atoms with van der Waals surface area (Å²) in [6, 6.07) is 4.56. The molecule has 0 heterocycles. The molecule has 3 N–H and O–H groups in total. The van der Waals surface area contributed by atoms with Gasteiger partial charge in [-0.15, -0.1) is 0 Å². The molecule has 1 unspecified atom stereocenters. The number of aliphatic hydroxyl groups is 1. The predicted molar refractivity (Wildman–Crippen MR) is 89.5 cm³/mol. The molecule has 1 atom stereocenters. The first kappa shape index (κ1) is 19.2. The summed E-state index contributed by atoms with van der Waals surface area (Å²) in [7, 11) is 0. The van der Waals surface area contributed by atoms with E-state index < -0.39 is 22.7 Å². The van der Waals surface area contributed by atoms with Gasteiger partial charge >= 0.3 is 6.09 Å². The lowest BCUT2D eigenvalue weighted by Crippen LogP contribution is -2.39. The summed E-state index contributed by atoms with van der Waals surface area (Å²) in [4.78, 5) is 21.9. The number of halogens is 1. The van der Waals surface area contributed by atoms with Crippen LogP contribution in [0, 0.1) is 10.1 Å². The molecule has 0 fully saturated rings. The predicted octanol–water partition coefficient (Wildman–Crippen LogP) is 2.65. The van der Waals surface area contributed by atoms with Gasteiger partial charge < -0.3 is 20.5 Å². The fraction of sp³-hybridized carbons (Fsp3) is 0.500. The van der Waals surface area contributed by atoms with E-state index in [-0.39, 0.29) is 24.5 Å². The van der Waals surface area contributed by atoms with Gasteiger partial charge in [-0.05, 0) is 42.8 Å². The van der Waals surface area contributed by atoms with Crippen LogP contribution in [0.5, 0.6) is 0 Å². The van der Waals surface area contributed by atoms with Gasteiger partial charge in [0.2, 0.25) is 0 Å². The van der Waals surface area contributed by atoms with Crippen molar-refractivity contribution in [2.45, 2.75) is 32.5 Å². The van der Waals surface area contributed by atoms with Crippen molar-refractivity contribution in [2.24, 2.45) is 0 Å². The molecule has 0 saturated carbocycles. The zero-order valence-corrected chi connectivity index (χ0v) is 14.7. The maximum atomic E-state index is 11.5. The molecule has 128 valence electrons. The first-order valence-electron chi connectivity index (χ1n) is 6.92. The number of hydrogen-bond acceptors (Lipinski definition) is 6. The van der Waals surface area contributed by atoms with Gasteiger partial charge in [-0.1, -0.05) is 6.07 Å². The number of amides is 1. The third-order valence-corrected chi connectivity index (χ3v) is 3.24. The van der Waals surface area contributed by atoms with Crippen molar-refractivity contribution in [2.75, 3.05) is 18.4 Å². The topological polar surface area (TPSA) is 114 Å². The van der Waals surface area contributed by atoms with Gasteiger partial charge in [0, 0.05) is 23.6 Å². The van der Waals surface area contributed by atoms with E-state index in [4.69, 9.17) is 4.74 Å². The standard InChI is InChI=1S/C14H20BrN3O5/c1-14(2,3)23-13(20)17-8-9(19)7-16-12-10(15)5-4-6-11(12)18(21)22/h4-6,9,16,19H,7-8H2,1-3H3,(H,17,20). The van der Waals surface area contributed by atoms with E-state index in [2.05, 4.69) is 26.6 Å². The molecule has 1 rings (SSSR count).